The first-order valence-corrected chi connectivity index (χ1v) is 7.11. The van der Waals surface area contributed by atoms with Gasteiger partial charge in [0.2, 0.25) is 0 Å². The average molecular weight is 282 g/mol. The standard InChI is InChI=1S/C13H16ClN3S/c1-8(7-11-5-4-6-18-11)15-13-9(2)12(14)16-10(3)17-13/h4-6,8H,7H2,1-3H3,(H,15,16,17). The molecule has 0 spiro atoms. The highest BCUT2D eigenvalue weighted by molar-refractivity contribution is 7.09. The van der Waals surface area contributed by atoms with Crippen molar-refractivity contribution in [2.24, 2.45) is 0 Å². The number of hydrogen-bond donors (Lipinski definition) is 1. The molecule has 5 heteroatoms. The minimum absolute atomic E-state index is 0.313. The number of nitrogens with zero attached hydrogens (tertiary/aromatic N) is 2. The molecule has 0 aliphatic rings. The molecule has 2 heterocycles. The molecule has 0 aliphatic carbocycles. The Morgan fingerprint density at radius 3 is 2.83 bits per heavy atom. The molecule has 1 unspecified atom stereocenters. The van der Waals surface area contributed by atoms with Gasteiger partial charge in [-0.05, 0) is 32.2 Å². The number of aromatic nitrogens is 2. The summed E-state index contributed by atoms with van der Waals surface area (Å²) >= 11 is 7.83. The van der Waals surface area contributed by atoms with E-state index in [-0.39, 0.29) is 0 Å². The lowest BCUT2D eigenvalue weighted by molar-refractivity contribution is 0.789. The third kappa shape index (κ3) is 3.21. The highest BCUT2D eigenvalue weighted by Crippen LogP contribution is 2.21. The van der Waals surface area contributed by atoms with Gasteiger partial charge in [-0.3, -0.25) is 0 Å². The van der Waals surface area contributed by atoms with Crippen molar-refractivity contribution in [3.8, 4) is 0 Å². The number of rotatable bonds is 4. The van der Waals surface area contributed by atoms with Gasteiger partial charge in [-0.1, -0.05) is 17.7 Å². The van der Waals surface area contributed by atoms with Crippen LogP contribution in [0.2, 0.25) is 5.15 Å². The lowest BCUT2D eigenvalue weighted by atomic mass is 10.2. The zero-order valence-corrected chi connectivity index (χ0v) is 12.3. The molecule has 0 aromatic carbocycles. The summed E-state index contributed by atoms with van der Waals surface area (Å²) in [5, 5.41) is 6.02. The summed E-state index contributed by atoms with van der Waals surface area (Å²) < 4.78 is 0. The third-order valence-electron chi connectivity index (χ3n) is 2.67. The van der Waals surface area contributed by atoms with E-state index in [9.17, 15) is 0 Å². The molecule has 0 amide bonds. The maximum atomic E-state index is 6.06. The van der Waals surface area contributed by atoms with Crippen LogP contribution in [0.3, 0.4) is 0 Å². The molecule has 18 heavy (non-hydrogen) atoms. The topological polar surface area (TPSA) is 37.8 Å². The first-order chi connectivity index (χ1) is 8.56. The van der Waals surface area contributed by atoms with Crippen LogP contribution < -0.4 is 5.32 Å². The van der Waals surface area contributed by atoms with E-state index in [1.807, 2.05) is 13.8 Å². The Bertz CT molecular complexity index is 525. The largest absolute Gasteiger partial charge is 0.367 e. The van der Waals surface area contributed by atoms with Gasteiger partial charge in [0.15, 0.2) is 0 Å². The maximum Gasteiger partial charge on any atom is 0.137 e. The summed E-state index contributed by atoms with van der Waals surface area (Å²) in [6, 6.07) is 4.53. The van der Waals surface area contributed by atoms with Gasteiger partial charge < -0.3 is 5.32 Å². The Morgan fingerprint density at radius 1 is 1.39 bits per heavy atom. The molecule has 0 bridgehead atoms. The van der Waals surface area contributed by atoms with E-state index in [1.165, 1.54) is 4.88 Å². The minimum Gasteiger partial charge on any atom is -0.367 e. The molecule has 2 rings (SSSR count). The number of thiophene rings is 1. The second-order valence-corrected chi connectivity index (χ2v) is 5.75. The lowest BCUT2D eigenvalue weighted by Crippen LogP contribution is -2.19. The predicted molar refractivity (Wildman–Crippen MR) is 77.6 cm³/mol. The van der Waals surface area contributed by atoms with Crippen molar-refractivity contribution in [3.05, 3.63) is 38.9 Å². The number of halogens is 1. The lowest BCUT2D eigenvalue weighted by Gasteiger charge is -2.16. The Kier molecular flexibility index (Phi) is 4.19. The van der Waals surface area contributed by atoms with Crippen LogP contribution >= 0.6 is 22.9 Å². The molecule has 1 atom stereocenters. The Balaban J connectivity index is 2.09. The monoisotopic (exact) mass is 281 g/mol. The van der Waals surface area contributed by atoms with Crippen molar-refractivity contribution >= 4 is 28.8 Å². The van der Waals surface area contributed by atoms with Gasteiger partial charge in [-0.25, -0.2) is 9.97 Å². The maximum absolute atomic E-state index is 6.06. The van der Waals surface area contributed by atoms with Crippen molar-refractivity contribution in [3.63, 3.8) is 0 Å². The second kappa shape index (κ2) is 5.67. The highest BCUT2D eigenvalue weighted by atomic mass is 35.5. The van der Waals surface area contributed by atoms with Crippen LogP contribution in [-0.2, 0) is 6.42 Å². The fraction of sp³-hybridized carbons (Fsp3) is 0.385. The van der Waals surface area contributed by atoms with Crippen molar-refractivity contribution in [1.82, 2.24) is 9.97 Å². The molecule has 2 aromatic rings. The van der Waals surface area contributed by atoms with Crippen molar-refractivity contribution < 1.29 is 0 Å². The van der Waals surface area contributed by atoms with Crippen LogP contribution in [-0.4, -0.2) is 16.0 Å². The van der Waals surface area contributed by atoms with E-state index in [1.54, 1.807) is 11.3 Å². The van der Waals surface area contributed by atoms with Crippen LogP contribution in [0.5, 0.6) is 0 Å². The van der Waals surface area contributed by atoms with Gasteiger partial charge in [-0.15, -0.1) is 11.3 Å². The molecule has 1 N–H and O–H groups in total. The van der Waals surface area contributed by atoms with Crippen molar-refractivity contribution in [2.45, 2.75) is 33.2 Å². The molecule has 0 saturated heterocycles. The second-order valence-electron chi connectivity index (χ2n) is 4.36. The molecule has 96 valence electrons. The van der Waals surface area contributed by atoms with Gasteiger partial charge in [-0.2, -0.15) is 0 Å². The highest BCUT2D eigenvalue weighted by Gasteiger charge is 2.10. The molecule has 0 aliphatic heterocycles. The van der Waals surface area contributed by atoms with E-state index < -0.39 is 0 Å². The van der Waals surface area contributed by atoms with Gasteiger partial charge >= 0.3 is 0 Å². The number of hydrogen-bond acceptors (Lipinski definition) is 4. The van der Waals surface area contributed by atoms with Crippen LogP contribution in [0, 0.1) is 13.8 Å². The summed E-state index contributed by atoms with van der Waals surface area (Å²) in [5.41, 5.74) is 0.903. The molecule has 0 fully saturated rings. The first-order valence-electron chi connectivity index (χ1n) is 5.86. The van der Waals surface area contributed by atoms with Crippen LogP contribution in [0.25, 0.3) is 0 Å². The average Bonchev–Trinajstić information content (AvgIpc) is 2.77. The minimum atomic E-state index is 0.313. The Hall–Kier alpha value is -1.13. The van der Waals surface area contributed by atoms with E-state index in [0.717, 1.165) is 17.8 Å². The molecular formula is C13H16ClN3S. The Morgan fingerprint density at radius 2 is 2.17 bits per heavy atom. The molecule has 0 saturated carbocycles. The zero-order chi connectivity index (χ0) is 13.1. The van der Waals surface area contributed by atoms with E-state index >= 15 is 0 Å². The summed E-state index contributed by atoms with van der Waals surface area (Å²) in [6.45, 7) is 5.92. The van der Waals surface area contributed by atoms with Crippen LogP contribution in [0.1, 0.15) is 23.2 Å². The van der Waals surface area contributed by atoms with Crippen LogP contribution in [0.4, 0.5) is 5.82 Å². The van der Waals surface area contributed by atoms with Crippen LogP contribution in [0.15, 0.2) is 17.5 Å². The summed E-state index contributed by atoms with van der Waals surface area (Å²) in [4.78, 5) is 9.90. The molecular weight excluding hydrogens is 266 g/mol. The van der Waals surface area contributed by atoms with Gasteiger partial charge in [0.1, 0.15) is 16.8 Å². The summed E-state index contributed by atoms with van der Waals surface area (Å²) in [7, 11) is 0. The Labute approximate surface area is 116 Å². The fourth-order valence-electron chi connectivity index (χ4n) is 1.75. The normalized spacial score (nSPS) is 12.4. The van der Waals surface area contributed by atoms with Gasteiger partial charge in [0, 0.05) is 22.9 Å². The number of nitrogens with one attached hydrogen (secondary N) is 1. The van der Waals surface area contributed by atoms with Crippen molar-refractivity contribution in [2.75, 3.05) is 5.32 Å². The molecule has 0 radical (unpaired) electrons. The van der Waals surface area contributed by atoms with E-state index in [4.69, 9.17) is 11.6 Å². The summed E-state index contributed by atoms with van der Waals surface area (Å²) in [5.74, 6) is 1.52. The van der Waals surface area contributed by atoms with Crippen molar-refractivity contribution in [1.29, 1.82) is 0 Å². The molecule has 3 nitrogen and oxygen atoms in total. The smallest absolute Gasteiger partial charge is 0.137 e. The third-order valence-corrected chi connectivity index (χ3v) is 3.94. The summed E-state index contributed by atoms with van der Waals surface area (Å²) in [6.07, 6.45) is 0.984. The fourth-order valence-corrected chi connectivity index (χ4v) is 2.80. The zero-order valence-electron chi connectivity index (χ0n) is 10.7. The molecule has 2 aromatic heterocycles. The number of aryl methyl sites for hydroxylation is 1. The SMILES string of the molecule is Cc1nc(Cl)c(C)c(NC(C)Cc2cccs2)n1. The van der Waals surface area contributed by atoms with E-state index in [2.05, 4.69) is 39.7 Å². The number of anilines is 1. The predicted octanol–water partition coefficient (Wildman–Crippen LogP) is 3.85. The van der Waals surface area contributed by atoms with E-state index in [0.29, 0.717) is 17.0 Å². The van der Waals surface area contributed by atoms with Gasteiger partial charge in [0.05, 0.1) is 0 Å². The first kappa shape index (κ1) is 13.3. The quantitative estimate of drug-likeness (QED) is 0.865. The van der Waals surface area contributed by atoms with Gasteiger partial charge in [0.25, 0.3) is 0 Å².